The molecule has 1 unspecified atom stereocenters. The normalized spacial score (nSPS) is 12.0. The number of aromatic nitrogens is 3. The van der Waals surface area contributed by atoms with Gasteiger partial charge in [-0.2, -0.15) is 5.10 Å². The van der Waals surface area contributed by atoms with Crippen LogP contribution in [-0.4, -0.2) is 27.4 Å². The highest BCUT2D eigenvalue weighted by Crippen LogP contribution is 2.26. The number of nitrogens with zero attached hydrogens (tertiary/aromatic N) is 3. The van der Waals surface area contributed by atoms with Crippen LogP contribution < -0.4 is 15.6 Å². The number of aryl methyl sites for hydroxylation is 2. The first kappa shape index (κ1) is 20.4. The van der Waals surface area contributed by atoms with E-state index in [0.29, 0.717) is 17.1 Å². The van der Waals surface area contributed by atoms with E-state index in [-0.39, 0.29) is 11.5 Å². The van der Waals surface area contributed by atoms with Crippen molar-refractivity contribution >= 4 is 22.6 Å². The highest BCUT2D eigenvalue weighted by Gasteiger charge is 2.24. The lowest BCUT2D eigenvalue weighted by Gasteiger charge is -2.19. The Labute approximate surface area is 179 Å². The summed E-state index contributed by atoms with van der Waals surface area (Å²) < 4.78 is 8.46. The Morgan fingerprint density at radius 3 is 2.52 bits per heavy atom. The number of methoxy groups -OCH3 is 1. The first-order valence-corrected chi connectivity index (χ1v) is 10.0. The number of para-hydroxylation sites is 1. The highest BCUT2D eigenvalue weighted by molar-refractivity contribution is 5.95. The summed E-state index contributed by atoms with van der Waals surface area (Å²) in [7, 11) is 1.57. The number of pyridine rings is 1. The van der Waals surface area contributed by atoms with E-state index in [9.17, 15) is 9.59 Å². The van der Waals surface area contributed by atoms with Crippen LogP contribution in [0.25, 0.3) is 16.7 Å². The molecule has 0 aliphatic rings. The second-order valence-corrected chi connectivity index (χ2v) is 7.46. The van der Waals surface area contributed by atoms with E-state index in [4.69, 9.17) is 4.74 Å². The van der Waals surface area contributed by atoms with Crippen LogP contribution in [0.4, 0.5) is 5.69 Å². The fourth-order valence-electron chi connectivity index (χ4n) is 3.82. The van der Waals surface area contributed by atoms with Crippen molar-refractivity contribution < 1.29 is 9.53 Å². The molecule has 4 rings (SSSR count). The molecule has 0 saturated heterocycles. The molecule has 0 bridgehead atoms. The van der Waals surface area contributed by atoms with Gasteiger partial charge in [-0.05, 0) is 50.6 Å². The van der Waals surface area contributed by atoms with Crippen molar-refractivity contribution in [1.82, 2.24) is 14.3 Å². The lowest BCUT2D eigenvalue weighted by molar-refractivity contribution is -0.118. The third kappa shape index (κ3) is 3.70. The van der Waals surface area contributed by atoms with E-state index < -0.39 is 6.04 Å². The number of carbonyl (C=O) groups is 1. The molecule has 0 aliphatic carbocycles. The number of rotatable bonds is 5. The average Bonchev–Trinajstić information content (AvgIpc) is 3.11. The van der Waals surface area contributed by atoms with Crippen LogP contribution in [0.3, 0.4) is 0 Å². The molecule has 1 N–H and O–H groups in total. The number of hydrogen-bond donors (Lipinski definition) is 1. The molecule has 158 valence electrons. The minimum atomic E-state index is -0.764. The van der Waals surface area contributed by atoms with Crippen molar-refractivity contribution in [2.75, 3.05) is 12.4 Å². The minimum absolute atomic E-state index is 0.254. The summed E-state index contributed by atoms with van der Waals surface area (Å²) in [5.74, 6) is 0.331. The Morgan fingerprint density at radius 1 is 1.06 bits per heavy atom. The van der Waals surface area contributed by atoms with Crippen LogP contribution in [0.1, 0.15) is 24.2 Å². The summed E-state index contributed by atoms with van der Waals surface area (Å²) in [5, 5.41) is 8.42. The Balaban J connectivity index is 1.84. The Hall–Kier alpha value is -3.87. The van der Waals surface area contributed by atoms with Crippen LogP contribution in [0.5, 0.6) is 5.75 Å². The number of benzene rings is 2. The van der Waals surface area contributed by atoms with E-state index in [1.165, 1.54) is 4.57 Å². The van der Waals surface area contributed by atoms with Crippen molar-refractivity contribution in [2.45, 2.75) is 26.8 Å². The number of hydrogen-bond acceptors (Lipinski definition) is 4. The molecule has 2 heterocycles. The quantitative estimate of drug-likeness (QED) is 0.533. The molecule has 7 heteroatoms. The van der Waals surface area contributed by atoms with Gasteiger partial charge in [0.05, 0.1) is 18.5 Å². The van der Waals surface area contributed by atoms with Crippen molar-refractivity contribution in [2.24, 2.45) is 0 Å². The molecule has 1 atom stereocenters. The first-order valence-electron chi connectivity index (χ1n) is 10.0. The van der Waals surface area contributed by atoms with Gasteiger partial charge in [0.15, 0.2) is 0 Å². The molecular formula is C24H24N4O3. The van der Waals surface area contributed by atoms with E-state index in [0.717, 1.165) is 22.3 Å². The van der Waals surface area contributed by atoms with Gasteiger partial charge in [0.1, 0.15) is 17.4 Å². The third-order valence-electron chi connectivity index (χ3n) is 5.34. The zero-order valence-corrected chi connectivity index (χ0v) is 17.9. The second-order valence-electron chi connectivity index (χ2n) is 7.46. The van der Waals surface area contributed by atoms with E-state index in [2.05, 4.69) is 10.4 Å². The van der Waals surface area contributed by atoms with Gasteiger partial charge >= 0.3 is 0 Å². The van der Waals surface area contributed by atoms with Gasteiger partial charge in [-0.3, -0.25) is 14.2 Å². The largest absolute Gasteiger partial charge is 0.497 e. The maximum atomic E-state index is 13.1. The predicted molar refractivity (Wildman–Crippen MR) is 121 cm³/mol. The first-order chi connectivity index (χ1) is 14.9. The maximum Gasteiger partial charge on any atom is 0.253 e. The van der Waals surface area contributed by atoms with Crippen molar-refractivity contribution in [3.8, 4) is 11.4 Å². The van der Waals surface area contributed by atoms with Crippen molar-refractivity contribution in [3.63, 3.8) is 0 Å². The zero-order valence-electron chi connectivity index (χ0n) is 17.9. The van der Waals surface area contributed by atoms with Crippen LogP contribution in [0.2, 0.25) is 0 Å². The van der Waals surface area contributed by atoms with Crippen LogP contribution >= 0.6 is 0 Å². The standard InChI is InChI=1S/C24H24N4O3/c1-15-13-21(29)27(17(3)23(30)25-18-9-8-12-20(14-18)31-4)24-22(15)16(2)26-28(24)19-10-6-5-7-11-19/h5-14,17H,1-4H3,(H,25,30). The zero-order chi connectivity index (χ0) is 22.1. The van der Waals surface area contributed by atoms with E-state index in [1.807, 2.05) is 44.2 Å². The molecule has 0 aliphatic heterocycles. The molecule has 0 fully saturated rings. The molecule has 2 aromatic carbocycles. The predicted octanol–water partition coefficient (Wildman–Crippen LogP) is 4.01. The lowest BCUT2D eigenvalue weighted by Crippen LogP contribution is -2.32. The summed E-state index contributed by atoms with van der Waals surface area (Å²) in [6.07, 6.45) is 0. The van der Waals surface area contributed by atoms with E-state index in [1.54, 1.807) is 49.0 Å². The fraction of sp³-hybridized carbons (Fsp3) is 0.208. The smallest absolute Gasteiger partial charge is 0.253 e. The maximum absolute atomic E-state index is 13.1. The third-order valence-corrected chi connectivity index (χ3v) is 5.34. The number of amides is 1. The van der Waals surface area contributed by atoms with Gasteiger partial charge in [0.2, 0.25) is 5.91 Å². The molecule has 4 aromatic rings. The molecule has 0 radical (unpaired) electrons. The molecule has 0 saturated carbocycles. The van der Waals surface area contributed by atoms with Crippen LogP contribution in [-0.2, 0) is 4.79 Å². The summed E-state index contributed by atoms with van der Waals surface area (Å²) in [6, 6.07) is 17.5. The molecule has 7 nitrogen and oxygen atoms in total. The highest BCUT2D eigenvalue weighted by atomic mass is 16.5. The van der Waals surface area contributed by atoms with Gasteiger partial charge in [0, 0.05) is 23.2 Å². The van der Waals surface area contributed by atoms with Gasteiger partial charge in [-0.15, -0.1) is 0 Å². The summed E-state index contributed by atoms with van der Waals surface area (Å²) in [5.41, 5.74) is 3.39. The number of carbonyl (C=O) groups excluding carboxylic acids is 1. The topological polar surface area (TPSA) is 78.2 Å². The minimum Gasteiger partial charge on any atom is -0.497 e. The van der Waals surface area contributed by atoms with Crippen molar-refractivity contribution in [1.29, 1.82) is 0 Å². The Bertz CT molecular complexity index is 1320. The SMILES string of the molecule is COc1cccc(NC(=O)C(C)n2c(=O)cc(C)c3c(C)nn(-c4ccccc4)c32)c1. The molecule has 31 heavy (non-hydrogen) atoms. The molecule has 1 amide bonds. The average molecular weight is 416 g/mol. The monoisotopic (exact) mass is 416 g/mol. The van der Waals surface area contributed by atoms with Gasteiger partial charge in [-0.1, -0.05) is 24.3 Å². The Morgan fingerprint density at radius 2 is 1.81 bits per heavy atom. The number of nitrogens with one attached hydrogen (secondary N) is 1. The lowest BCUT2D eigenvalue weighted by atomic mass is 10.1. The number of fused-ring (bicyclic) bond motifs is 1. The number of ether oxygens (including phenoxy) is 1. The van der Waals surface area contributed by atoms with E-state index >= 15 is 0 Å². The summed E-state index contributed by atoms with van der Waals surface area (Å²) in [4.78, 5) is 26.2. The summed E-state index contributed by atoms with van der Waals surface area (Å²) >= 11 is 0. The molecule has 0 spiro atoms. The molecule has 2 aromatic heterocycles. The Kier molecular flexibility index (Phi) is 5.33. The number of anilines is 1. The second kappa shape index (κ2) is 8.10. The van der Waals surface area contributed by atoms with Crippen molar-refractivity contribution in [3.05, 3.63) is 82.3 Å². The van der Waals surface area contributed by atoms with Gasteiger partial charge in [0.25, 0.3) is 5.56 Å². The van der Waals surface area contributed by atoms with Crippen LogP contribution in [0, 0.1) is 13.8 Å². The summed E-state index contributed by atoms with van der Waals surface area (Å²) in [6.45, 7) is 5.51. The molecular weight excluding hydrogens is 392 g/mol. The fourth-order valence-corrected chi connectivity index (χ4v) is 3.82. The van der Waals surface area contributed by atoms with Gasteiger partial charge in [-0.25, -0.2) is 4.68 Å². The van der Waals surface area contributed by atoms with Crippen LogP contribution in [0.15, 0.2) is 65.5 Å². The van der Waals surface area contributed by atoms with Gasteiger partial charge < -0.3 is 10.1 Å².